The summed E-state index contributed by atoms with van der Waals surface area (Å²) in [6.07, 6.45) is 42.0. The third-order valence-electron chi connectivity index (χ3n) is 12.7. The van der Waals surface area contributed by atoms with Crippen molar-refractivity contribution in [1.29, 1.82) is 0 Å². The number of hydrogen-bond donors (Lipinski definition) is 1. The lowest BCUT2D eigenvalue weighted by Crippen LogP contribution is -2.52. The van der Waals surface area contributed by atoms with E-state index >= 15 is 0 Å². The van der Waals surface area contributed by atoms with Crippen molar-refractivity contribution in [2.24, 2.45) is 17.3 Å². The Morgan fingerprint density at radius 1 is 0.460 bits per heavy atom. The average molecular weight is 705 g/mol. The monoisotopic (exact) mass is 705 g/mol. The maximum atomic E-state index is 14.2. The number of rotatable bonds is 35. The van der Waals surface area contributed by atoms with Crippen LogP contribution in [0.15, 0.2) is 0 Å². The van der Waals surface area contributed by atoms with Gasteiger partial charge in [-0.1, -0.05) is 195 Å². The predicted octanol–water partition coefficient (Wildman–Crippen LogP) is 15.3. The highest BCUT2D eigenvalue weighted by Crippen LogP contribution is 2.53. The molecular weight excluding hydrogens is 617 g/mol. The van der Waals surface area contributed by atoms with Crippen molar-refractivity contribution in [1.82, 2.24) is 0 Å². The number of carboxylic acid groups (broad SMARTS) is 1. The molecule has 1 rings (SSSR count). The summed E-state index contributed by atoms with van der Waals surface area (Å²) in [6, 6.07) is 0. The second kappa shape index (κ2) is 30.4. The van der Waals surface area contributed by atoms with E-state index in [-0.39, 0.29) is 23.2 Å². The lowest BCUT2D eigenvalue weighted by atomic mass is 9.60. The van der Waals surface area contributed by atoms with E-state index < -0.39 is 11.6 Å². The van der Waals surface area contributed by atoms with Crippen molar-refractivity contribution in [2.45, 2.75) is 265 Å². The second-order valence-electron chi connectivity index (χ2n) is 16.7. The zero-order valence-corrected chi connectivity index (χ0v) is 34.6. The molecule has 1 saturated carbocycles. The van der Waals surface area contributed by atoms with Crippen molar-refractivity contribution in [3.8, 4) is 0 Å². The number of esters is 1. The molecule has 0 amide bonds. The van der Waals surface area contributed by atoms with Crippen LogP contribution >= 0.6 is 0 Å². The molecule has 1 unspecified atom stereocenters. The highest BCUT2D eigenvalue weighted by Gasteiger charge is 2.52. The number of hydrogen-bond acceptors (Lipinski definition) is 3. The Morgan fingerprint density at radius 3 is 1.10 bits per heavy atom. The van der Waals surface area contributed by atoms with E-state index in [9.17, 15) is 14.7 Å². The minimum Gasteiger partial charge on any atom is -0.481 e. The molecule has 1 aliphatic rings. The lowest BCUT2D eigenvalue weighted by molar-refractivity contribution is -0.192. The first kappa shape index (κ1) is 47.0. The molecular formula is C46H88O4. The summed E-state index contributed by atoms with van der Waals surface area (Å²) < 4.78 is 7.07. The SMILES string of the molecule is CCCCCCCCCCC(CCCCCCCCCC)(CCCCCCCCCC)C(CC)(CCCC)OC(=O)C1CCC(C(=O)O)CC1. The Balaban J connectivity index is 3.26. The van der Waals surface area contributed by atoms with Crippen molar-refractivity contribution in [2.75, 3.05) is 0 Å². The van der Waals surface area contributed by atoms with Crippen LogP contribution in [0.4, 0.5) is 0 Å². The van der Waals surface area contributed by atoms with Gasteiger partial charge in [-0.3, -0.25) is 9.59 Å². The standard InChI is InChI=1S/C46H88O4/c1-6-11-15-18-21-24-27-30-37-45(38-31-28-25-22-19-16-12-7-2,39-32-29-26-23-20-17-13-8-3)46(10-5,40-14-9-4)50-44(49)42-35-33-41(34-36-42)43(47)48/h41-42H,6-40H2,1-5H3,(H,47,48). The van der Waals surface area contributed by atoms with Crippen LogP contribution in [-0.4, -0.2) is 22.6 Å². The van der Waals surface area contributed by atoms with Crippen molar-refractivity contribution in [3.05, 3.63) is 0 Å². The molecule has 0 aromatic carbocycles. The van der Waals surface area contributed by atoms with Gasteiger partial charge in [-0.2, -0.15) is 0 Å². The molecule has 1 atom stereocenters. The lowest BCUT2D eigenvalue weighted by Gasteiger charge is -2.51. The van der Waals surface area contributed by atoms with Crippen LogP contribution in [0.5, 0.6) is 0 Å². The Bertz CT molecular complexity index is 750. The molecule has 0 saturated heterocycles. The molecule has 0 spiro atoms. The normalized spacial score (nSPS) is 17.9. The summed E-state index contributed by atoms with van der Waals surface area (Å²) in [5, 5.41) is 9.60. The van der Waals surface area contributed by atoms with E-state index in [0.29, 0.717) is 25.7 Å². The van der Waals surface area contributed by atoms with Crippen LogP contribution in [0.3, 0.4) is 0 Å². The molecule has 50 heavy (non-hydrogen) atoms. The third-order valence-corrected chi connectivity index (χ3v) is 12.7. The summed E-state index contributed by atoms with van der Waals surface area (Å²) in [7, 11) is 0. The Labute approximate surface area is 312 Å². The average Bonchev–Trinajstić information content (AvgIpc) is 3.13. The van der Waals surface area contributed by atoms with Gasteiger partial charge in [0.05, 0.1) is 11.8 Å². The zero-order valence-electron chi connectivity index (χ0n) is 34.6. The van der Waals surface area contributed by atoms with Gasteiger partial charge in [-0.25, -0.2) is 0 Å². The fourth-order valence-corrected chi connectivity index (χ4v) is 9.21. The van der Waals surface area contributed by atoms with E-state index in [1.807, 2.05) is 0 Å². The van der Waals surface area contributed by atoms with Crippen LogP contribution in [0.25, 0.3) is 0 Å². The van der Waals surface area contributed by atoms with Gasteiger partial charge in [0.1, 0.15) is 5.60 Å². The molecule has 1 N–H and O–H groups in total. The second-order valence-corrected chi connectivity index (χ2v) is 16.7. The molecule has 4 nitrogen and oxygen atoms in total. The molecule has 0 radical (unpaired) electrons. The van der Waals surface area contributed by atoms with Crippen LogP contribution in [0.1, 0.15) is 259 Å². The smallest absolute Gasteiger partial charge is 0.309 e. The van der Waals surface area contributed by atoms with Gasteiger partial charge in [-0.15, -0.1) is 0 Å². The summed E-state index contributed by atoms with van der Waals surface area (Å²) in [4.78, 5) is 25.9. The fourth-order valence-electron chi connectivity index (χ4n) is 9.21. The summed E-state index contributed by atoms with van der Waals surface area (Å²) in [5.74, 6) is -1.17. The number of carboxylic acids is 1. The summed E-state index contributed by atoms with van der Waals surface area (Å²) in [5.41, 5.74) is -0.398. The minimum absolute atomic E-state index is 0.0149. The van der Waals surface area contributed by atoms with E-state index in [4.69, 9.17) is 4.74 Å². The van der Waals surface area contributed by atoms with Gasteiger partial charge in [0.25, 0.3) is 0 Å². The first-order chi connectivity index (χ1) is 24.3. The Morgan fingerprint density at radius 2 is 0.780 bits per heavy atom. The van der Waals surface area contributed by atoms with E-state index in [1.165, 1.54) is 173 Å². The molecule has 4 heteroatoms. The highest BCUT2D eigenvalue weighted by atomic mass is 16.6. The topological polar surface area (TPSA) is 63.6 Å². The molecule has 0 aromatic heterocycles. The highest BCUT2D eigenvalue weighted by molar-refractivity contribution is 5.74. The van der Waals surface area contributed by atoms with Gasteiger partial charge in [0.15, 0.2) is 0 Å². The molecule has 0 aromatic rings. The van der Waals surface area contributed by atoms with Crippen LogP contribution in [-0.2, 0) is 14.3 Å². The minimum atomic E-state index is -0.706. The van der Waals surface area contributed by atoms with Gasteiger partial charge in [0, 0.05) is 5.41 Å². The molecule has 1 aliphatic carbocycles. The summed E-state index contributed by atoms with van der Waals surface area (Å²) >= 11 is 0. The van der Waals surface area contributed by atoms with Crippen molar-refractivity contribution in [3.63, 3.8) is 0 Å². The van der Waals surface area contributed by atoms with Crippen molar-refractivity contribution < 1.29 is 19.4 Å². The maximum absolute atomic E-state index is 14.2. The number of ether oxygens (including phenoxy) is 1. The molecule has 0 heterocycles. The van der Waals surface area contributed by atoms with Gasteiger partial charge >= 0.3 is 11.9 Å². The Kier molecular flexibility index (Phi) is 28.6. The first-order valence-electron chi connectivity index (χ1n) is 22.8. The van der Waals surface area contributed by atoms with E-state index in [1.54, 1.807) is 0 Å². The maximum Gasteiger partial charge on any atom is 0.309 e. The van der Waals surface area contributed by atoms with Crippen LogP contribution < -0.4 is 0 Å². The largest absolute Gasteiger partial charge is 0.481 e. The summed E-state index contributed by atoms with van der Waals surface area (Å²) in [6.45, 7) is 11.5. The Hall–Kier alpha value is -1.06. The number of carbonyl (C=O) groups excluding carboxylic acids is 1. The quantitative estimate of drug-likeness (QED) is 0.0527. The first-order valence-corrected chi connectivity index (χ1v) is 22.8. The molecule has 0 aliphatic heterocycles. The number of carbonyl (C=O) groups is 2. The predicted molar refractivity (Wildman–Crippen MR) is 216 cm³/mol. The number of aliphatic carboxylic acids is 1. The third kappa shape index (κ3) is 19.1. The van der Waals surface area contributed by atoms with Crippen LogP contribution in [0.2, 0.25) is 0 Å². The molecule has 0 bridgehead atoms. The fraction of sp³-hybridized carbons (Fsp3) is 0.957. The molecule has 1 fully saturated rings. The van der Waals surface area contributed by atoms with Gasteiger partial charge < -0.3 is 9.84 Å². The van der Waals surface area contributed by atoms with Gasteiger partial charge in [-0.05, 0) is 64.2 Å². The number of unbranched alkanes of at least 4 members (excludes halogenated alkanes) is 22. The van der Waals surface area contributed by atoms with E-state index in [0.717, 1.165) is 25.7 Å². The van der Waals surface area contributed by atoms with Crippen LogP contribution in [0, 0.1) is 17.3 Å². The molecule has 296 valence electrons. The van der Waals surface area contributed by atoms with E-state index in [2.05, 4.69) is 34.6 Å². The van der Waals surface area contributed by atoms with Crippen molar-refractivity contribution >= 4 is 11.9 Å². The zero-order chi connectivity index (χ0) is 36.8. The van der Waals surface area contributed by atoms with Gasteiger partial charge in [0.2, 0.25) is 0 Å².